The zero-order valence-corrected chi connectivity index (χ0v) is 14.1. The Morgan fingerprint density at radius 3 is 2.62 bits per heavy atom. The second kappa shape index (κ2) is 6.20. The molecular formula is C18H13ClN4O3. The normalized spacial score (nSPS) is 16.8. The minimum Gasteiger partial charge on any atom is -0.350 e. The maximum atomic E-state index is 12.5. The van der Waals surface area contributed by atoms with E-state index in [9.17, 15) is 14.4 Å². The first-order chi connectivity index (χ1) is 12.5. The van der Waals surface area contributed by atoms with Crippen LogP contribution in [-0.2, 0) is 4.79 Å². The van der Waals surface area contributed by atoms with Crippen molar-refractivity contribution in [1.82, 2.24) is 20.7 Å². The van der Waals surface area contributed by atoms with Crippen molar-refractivity contribution < 1.29 is 14.4 Å². The van der Waals surface area contributed by atoms with Crippen molar-refractivity contribution in [3.63, 3.8) is 0 Å². The molecule has 130 valence electrons. The lowest BCUT2D eigenvalue weighted by Crippen LogP contribution is -2.46. The van der Waals surface area contributed by atoms with E-state index in [1.165, 1.54) is 0 Å². The summed E-state index contributed by atoms with van der Waals surface area (Å²) in [5, 5.41) is 4.55. The summed E-state index contributed by atoms with van der Waals surface area (Å²) >= 11 is 5.94. The summed E-state index contributed by atoms with van der Waals surface area (Å²) in [6.07, 6.45) is 0. The predicted octanol–water partition coefficient (Wildman–Crippen LogP) is 2.76. The highest BCUT2D eigenvalue weighted by Gasteiger charge is 2.40. The van der Waals surface area contributed by atoms with Gasteiger partial charge in [-0.3, -0.25) is 15.0 Å². The number of rotatable bonds is 3. The fraction of sp³-hybridized carbons (Fsp3) is 0.0556. The van der Waals surface area contributed by atoms with Crippen molar-refractivity contribution >= 4 is 40.3 Å². The third-order valence-corrected chi connectivity index (χ3v) is 4.35. The average molecular weight is 369 g/mol. The molecule has 1 fully saturated rings. The molecule has 1 aliphatic heterocycles. The van der Waals surface area contributed by atoms with Gasteiger partial charge in [0.2, 0.25) is 0 Å². The summed E-state index contributed by atoms with van der Waals surface area (Å²) in [7, 11) is 0. The predicted molar refractivity (Wildman–Crippen MR) is 95.3 cm³/mol. The summed E-state index contributed by atoms with van der Waals surface area (Å²) in [6.45, 7) is 0. The van der Waals surface area contributed by atoms with Gasteiger partial charge >= 0.3 is 6.03 Å². The highest BCUT2D eigenvalue weighted by Crippen LogP contribution is 2.22. The second-order valence-electron chi connectivity index (χ2n) is 5.82. The van der Waals surface area contributed by atoms with Crippen LogP contribution in [0.5, 0.6) is 0 Å². The van der Waals surface area contributed by atoms with Crippen LogP contribution < -0.4 is 10.7 Å². The summed E-state index contributed by atoms with van der Waals surface area (Å²) in [6, 6.07) is 14.1. The van der Waals surface area contributed by atoms with Crippen molar-refractivity contribution in [2.24, 2.45) is 0 Å². The number of carbonyl (C=O) groups is 3. The fourth-order valence-corrected chi connectivity index (χ4v) is 3.02. The molecule has 0 saturated carbocycles. The van der Waals surface area contributed by atoms with Crippen molar-refractivity contribution in [1.29, 1.82) is 0 Å². The Balaban J connectivity index is 1.55. The van der Waals surface area contributed by atoms with Crippen molar-refractivity contribution in [3.05, 3.63) is 70.9 Å². The Morgan fingerprint density at radius 2 is 1.85 bits per heavy atom. The molecule has 0 spiro atoms. The Morgan fingerprint density at radius 1 is 1.08 bits per heavy atom. The number of carbonyl (C=O) groups excluding carboxylic acids is 3. The van der Waals surface area contributed by atoms with E-state index in [-0.39, 0.29) is 5.69 Å². The fourth-order valence-electron chi connectivity index (χ4n) is 2.84. The smallest absolute Gasteiger partial charge is 0.344 e. The van der Waals surface area contributed by atoms with Crippen LogP contribution in [0.15, 0.2) is 54.6 Å². The number of fused-ring (bicyclic) bond motifs is 1. The van der Waals surface area contributed by atoms with Crippen molar-refractivity contribution in [2.45, 2.75) is 6.04 Å². The third-order valence-electron chi connectivity index (χ3n) is 4.11. The molecule has 0 aliphatic carbocycles. The highest BCUT2D eigenvalue weighted by molar-refractivity contribution is 6.31. The number of imide groups is 1. The molecule has 1 atom stereocenters. The van der Waals surface area contributed by atoms with Gasteiger partial charge in [0.25, 0.3) is 11.8 Å². The molecular weight excluding hydrogens is 356 g/mol. The van der Waals surface area contributed by atoms with Gasteiger partial charge < -0.3 is 10.3 Å². The van der Waals surface area contributed by atoms with Crippen LogP contribution in [0.2, 0.25) is 5.02 Å². The summed E-state index contributed by atoms with van der Waals surface area (Å²) in [5.41, 5.74) is 3.92. The first-order valence-corrected chi connectivity index (χ1v) is 8.19. The number of urea groups is 1. The van der Waals surface area contributed by atoms with Gasteiger partial charge in [-0.25, -0.2) is 4.79 Å². The van der Waals surface area contributed by atoms with Crippen LogP contribution in [0.25, 0.3) is 10.9 Å². The molecule has 0 unspecified atom stereocenters. The standard InChI is InChI=1S/C18H13ClN4O3/c19-12-6-7-13-11(8-12)9-14(20-13)16(24)22-23-17(25)15(21-18(23)26)10-4-2-1-3-5-10/h1-9,15,20H,(H,21,26)(H,22,24)/t15-/m0/s1. The number of nitrogens with one attached hydrogen (secondary N) is 3. The van der Waals surface area contributed by atoms with E-state index in [2.05, 4.69) is 15.7 Å². The number of benzene rings is 2. The lowest BCUT2D eigenvalue weighted by atomic mass is 10.1. The second-order valence-corrected chi connectivity index (χ2v) is 6.26. The first kappa shape index (κ1) is 16.2. The molecule has 26 heavy (non-hydrogen) atoms. The van der Waals surface area contributed by atoms with Crippen LogP contribution in [0.4, 0.5) is 4.79 Å². The third kappa shape index (κ3) is 2.78. The van der Waals surface area contributed by atoms with Crippen molar-refractivity contribution in [3.8, 4) is 0 Å². The molecule has 0 bridgehead atoms. The number of halogens is 1. The van der Waals surface area contributed by atoms with E-state index >= 15 is 0 Å². The zero-order valence-electron chi connectivity index (χ0n) is 13.3. The van der Waals surface area contributed by atoms with Gasteiger partial charge in [0.15, 0.2) is 0 Å². The molecule has 7 nitrogen and oxygen atoms in total. The number of aromatic amines is 1. The van der Waals surface area contributed by atoms with Crippen LogP contribution >= 0.6 is 11.6 Å². The number of H-pyrrole nitrogens is 1. The largest absolute Gasteiger partial charge is 0.350 e. The Labute approximate surface area is 152 Å². The monoisotopic (exact) mass is 368 g/mol. The van der Waals surface area contributed by atoms with E-state index in [1.807, 2.05) is 6.07 Å². The number of hydrogen-bond donors (Lipinski definition) is 3. The molecule has 8 heteroatoms. The van der Waals surface area contributed by atoms with Crippen LogP contribution in [0.3, 0.4) is 0 Å². The van der Waals surface area contributed by atoms with E-state index < -0.39 is 23.9 Å². The molecule has 0 radical (unpaired) electrons. The molecule has 4 amide bonds. The quantitative estimate of drug-likeness (QED) is 0.620. The molecule has 3 aromatic rings. The topological polar surface area (TPSA) is 94.3 Å². The van der Waals surface area contributed by atoms with Gasteiger partial charge in [-0.1, -0.05) is 41.9 Å². The molecule has 2 heterocycles. The lowest BCUT2D eigenvalue weighted by molar-refractivity contribution is -0.129. The molecule has 1 saturated heterocycles. The minimum atomic E-state index is -0.828. The zero-order chi connectivity index (χ0) is 18.3. The number of aromatic nitrogens is 1. The van der Waals surface area contributed by atoms with Gasteiger partial charge in [0.05, 0.1) is 0 Å². The lowest BCUT2D eigenvalue weighted by Gasteiger charge is -2.13. The number of hydrogen-bond acceptors (Lipinski definition) is 3. The Hall–Kier alpha value is -3.32. The van der Waals surface area contributed by atoms with Crippen LogP contribution in [-0.4, -0.2) is 27.8 Å². The molecule has 4 rings (SSSR count). The SMILES string of the molecule is O=C(NN1C(=O)N[C@@H](c2ccccc2)C1=O)c1cc2cc(Cl)ccc2[nH]1. The Bertz CT molecular complexity index is 1030. The molecule has 1 aromatic heterocycles. The van der Waals surface area contributed by atoms with E-state index in [4.69, 9.17) is 11.6 Å². The van der Waals surface area contributed by atoms with Gasteiger partial charge in [-0.15, -0.1) is 0 Å². The minimum absolute atomic E-state index is 0.214. The van der Waals surface area contributed by atoms with Gasteiger partial charge in [0, 0.05) is 15.9 Å². The van der Waals surface area contributed by atoms with E-state index in [0.717, 1.165) is 10.9 Å². The molecule has 2 aromatic carbocycles. The summed E-state index contributed by atoms with van der Waals surface area (Å²) in [5.74, 6) is -1.15. The van der Waals surface area contributed by atoms with E-state index in [0.29, 0.717) is 15.6 Å². The summed E-state index contributed by atoms with van der Waals surface area (Å²) < 4.78 is 0. The van der Waals surface area contributed by atoms with Crippen LogP contribution in [0.1, 0.15) is 22.1 Å². The summed E-state index contributed by atoms with van der Waals surface area (Å²) in [4.78, 5) is 40.0. The van der Waals surface area contributed by atoms with Crippen molar-refractivity contribution in [2.75, 3.05) is 0 Å². The Kier molecular flexibility index (Phi) is 3.85. The first-order valence-electron chi connectivity index (χ1n) is 7.81. The van der Waals surface area contributed by atoms with E-state index in [1.54, 1.807) is 48.5 Å². The maximum Gasteiger partial charge on any atom is 0.344 e. The van der Waals surface area contributed by atoms with Gasteiger partial charge in [-0.2, -0.15) is 5.01 Å². The number of amides is 4. The highest BCUT2D eigenvalue weighted by atomic mass is 35.5. The number of hydrazine groups is 1. The number of nitrogens with zero attached hydrogens (tertiary/aromatic N) is 1. The maximum absolute atomic E-state index is 12.5. The van der Waals surface area contributed by atoms with Gasteiger partial charge in [-0.05, 0) is 29.8 Å². The molecule has 3 N–H and O–H groups in total. The average Bonchev–Trinajstić information content (AvgIpc) is 3.18. The van der Waals surface area contributed by atoms with Gasteiger partial charge in [0.1, 0.15) is 11.7 Å². The molecule has 1 aliphatic rings. The van der Waals surface area contributed by atoms with Crippen LogP contribution in [0, 0.1) is 0 Å².